The molecule has 164 valence electrons. The number of carbonyl (C=O) groups is 1. The van der Waals surface area contributed by atoms with Crippen LogP contribution in [0.25, 0.3) is 11.1 Å². The fourth-order valence-electron chi connectivity index (χ4n) is 3.85. The summed E-state index contributed by atoms with van der Waals surface area (Å²) in [5.41, 5.74) is 1.08. The number of hydrogen-bond donors (Lipinski definition) is 2. The number of fused-ring (bicyclic) bond motifs is 1. The van der Waals surface area contributed by atoms with Crippen LogP contribution >= 0.6 is 0 Å². The number of nitrogens with zero attached hydrogens (tertiary/aromatic N) is 2. The highest BCUT2D eigenvalue weighted by molar-refractivity contribution is 7.91. The Balaban J connectivity index is 1.61. The molecule has 0 unspecified atom stereocenters. The van der Waals surface area contributed by atoms with Gasteiger partial charge in [-0.1, -0.05) is 25.9 Å². The van der Waals surface area contributed by atoms with Crippen molar-refractivity contribution < 1.29 is 22.8 Å². The van der Waals surface area contributed by atoms with Crippen LogP contribution in [-0.2, 0) is 16.3 Å². The topological polar surface area (TPSA) is 122 Å². The molecule has 1 aliphatic carbocycles. The maximum atomic E-state index is 13.1. The molecule has 30 heavy (non-hydrogen) atoms. The number of rotatable bonds is 5. The zero-order chi connectivity index (χ0) is 21.7. The molecule has 0 spiro atoms. The normalized spacial score (nSPS) is 20.9. The van der Waals surface area contributed by atoms with Gasteiger partial charge in [0.1, 0.15) is 0 Å². The number of pyridine rings is 1. The molecule has 2 fully saturated rings. The lowest BCUT2D eigenvalue weighted by Gasteiger charge is -2.32. The fourth-order valence-corrected chi connectivity index (χ4v) is 5.44. The first-order valence-corrected chi connectivity index (χ1v) is 12.3. The molecule has 8 nitrogen and oxygen atoms in total. The van der Waals surface area contributed by atoms with Gasteiger partial charge in [0.2, 0.25) is 0 Å². The van der Waals surface area contributed by atoms with Gasteiger partial charge in [-0.3, -0.25) is 4.79 Å². The van der Waals surface area contributed by atoms with Gasteiger partial charge >= 0.3 is 0 Å². The Bertz CT molecular complexity index is 1070. The van der Waals surface area contributed by atoms with E-state index in [2.05, 4.69) is 36.2 Å². The summed E-state index contributed by atoms with van der Waals surface area (Å²) in [4.78, 5) is 17.7. The van der Waals surface area contributed by atoms with Gasteiger partial charge in [-0.2, -0.15) is 0 Å². The summed E-state index contributed by atoms with van der Waals surface area (Å²) in [5, 5.41) is 18.3. The van der Waals surface area contributed by atoms with E-state index in [0.29, 0.717) is 34.7 Å². The zero-order valence-electron chi connectivity index (χ0n) is 17.7. The first-order chi connectivity index (χ1) is 13.9. The highest BCUT2D eigenvalue weighted by atomic mass is 32.2. The smallest absolute Gasteiger partial charge is 0.259 e. The molecule has 1 saturated heterocycles. The van der Waals surface area contributed by atoms with Gasteiger partial charge < -0.3 is 14.9 Å². The molecule has 9 heteroatoms. The number of sulfone groups is 1. The van der Waals surface area contributed by atoms with Crippen molar-refractivity contribution in [3.8, 4) is 0 Å². The molecule has 1 saturated carbocycles. The lowest BCUT2D eigenvalue weighted by atomic mass is 9.89. The molecule has 4 rings (SSSR count). The maximum Gasteiger partial charge on any atom is 0.259 e. The summed E-state index contributed by atoms with van der Waals surface area (Å²) < 4.78 is 28.8. The molecule has 2 aliphatic rings. The molecule has 0 aromatic carbocycles. The Morgan fingerprint density at radius 2 is 1.97 bits per heavy atom. The van der Waals surface area contributed by atoms with Gasteiger partial charge in [0.05, 0.1) is 33.8 Å². The largest absolute Gasteiger partial charge is 0.388 e. The second-order valence-electron chi connectivity index (χ2n) is 9.97. The molecule has 1 aliphatic heterocycles. The highest BCUT2D eigenvalue weighted by Gasteiger charge is 2.36. The second kappa shape index (κ2) is 7.30. The average Bonchev–Trinajstić information content (AvgIpc) is 3.44. The third-order valence-electron chi connectivity index (χ3n) is 5.81. The molecule has 2 N–H and O–H groups in total. The summed E-state index contributed by atoms with van der Waals surface area (Å²) in [7, 11) is -3.10. The molecule has 2 aromatic rings. The lowest BCUT2D eigenvalue weighted by Crippen LogP contribution is -2.48. The van der Waals surface area contributed by atoms with Crippen LogP contribution in [0.15, 0.2) is 10.6 Å². The number of carbonyl (C=O) groups excluding carboxylic acids is 1. The van der Waals surface area contributed by atoms with Gasteiger partial charge in [-0.25, -0.2) is 13.4 Å². The van der Waals surface area contributed by atoms with E-state index < -0.39 is 15.4 Å². The predicted molar refractivity (Wildman–Crippen MR) is 112 cm³/mol. The fraction of sp³-hybridized carbons (Fsp3) is 0.667. The van der Waals surface area contributed by atoms with Crippen molar-refractivity contribution in [2.75, 3.05) is 18.1 Å². The van der Waals surface area contributed by atoms with E-state index in [1.54, 1.807) is 0 Å². The van der Waals surface area contributed by atoms with Gasteiger partial charge in [-0.05, 0) is 43.6 Å². The van der Waals surface area contributed by atoms with Gasteiger partial charge in [0.25, 0.3) is 11.6 Å². The molecule has 0 radical (unpaired) electrons. The number of hydrogen-bond acceptors (Lipinski definition) is 7. The van der Waals surface area contributed by atoms with E-state index >= 15 is 0 Å². The predicted octanol–water partition coefficient (Wildman–Crippen LogP) is 2.36. The van der Waals surface area contributed by atoms with Crippen LogP contribution in [0.4, 0.5) is 0 Å². The minimum atomic E-state index is -3.10. The Labute approximate surface area is 176 Å². The summed E-state index contributed by atoms with van der Waals surface area (Å²) in [6.45, 7) is 6.27. The van der Waals surface area contributed by atoms with Crippen LogP contribution in [0.2, 0.25) is 0 Å². The van der Waals surface area contributed by atoms with Crippen molar-refractivity contribution in [2.24, 2.45) is 5.41 Å². The first-order valence-electron chi connectivity index (χ1n) is 10.4. The first kappa shape index (κ1) is 21.2. The molecule has 3 heterocycles. The van der Waals surface area contributed by atoms with Crippen molar-refractivity contribution in [3.05, 3.63) is 23.0 Å². The monoisotopic (exact) mass is 435 g/mol. The third kappa shape index (κ3) is 4.67. The summed E-state index contributed by atoms with van der Waals surface area (Å²) in [6.07, 6.45) is 2.95. The van der Waals surface area contributed by atoms with Gasteiger partial charge in [0, 0.05) is 18.2 Å². The average molecular weight is 436 g/mol. The Morgan fingerprint density at radius 1 is 1.30 bits per heavy atom. The van der Waals surface area contributed by atoms with Crippen LogP contribution in [0, 0.1) is 5.41 Å². The number of nitrogens with one attached hydrogen (secondary N) is 1. The summed E-state index contributed by atoms with van der Waals surface area (Å²) in [5.74, 6) is -0.118. The van der Waals surface area contributed by atoms with Crippen LogP contribution in [0.5, 0.6) is 0 Å². The SMILES string of the molecule is CC(C)(C)Cc1noc2nc(C3CC3)cc(C(=O)NCC3(O)CCS(=O)(=O)CC3)c12. The van der Waals surface area contributed by atoms with E-state index in [9.17, 15) is 18.3 Å². The quantitative estimate of drug-likeness (QED) is 0.739. The zero-order valence-corrected chi connectivity index (χ0v) is 18.5. The Morgan fingerprint density at radius 3 is 2.57 bits per heavy atom. The number of aliphatic hydroxyl groups is 1. The maximum absolute atomic E-state index is 13.1. The van der Waals surface area contributed by atoms with Crippen molar-refractivity contribution in [1.82, 2.24) is 15.5 Å². The van der Waals surface area contributed by atoms with Crippen molar-refractivity contribution in [2.45, 2.75) is 64.4 Å². The van der Waals surface area contributed by atoms with Gasteiger partial charge in [-0.15, -0.1) is 0 Å². The van der Waals surface area contributed by atoms with E-state index in [1.807, 2.05) is 6.07 Å². The third-order valence-corrected chi connectivity index (χ3v) is 7.46. The Kier molecular flexibility index (Phi) is 5.17. The number of amides is 1. The summed E-state index contributed by atoms with van der Waals surface area (Å²) >= 11 is 0. The van der Waals surface area contributed by atoms with Crippen LogP contribution in [0.1, 0.15) is 74.1 Å². The molecule has 2 aromatic heterocycles. The minimum absolute atomic E-state index is 0.00379. The highest BCUT2D eigenvalue weighted by Crippen LogP contribution is 2.41. The number of aromatic nitrogens is 2. The summed E-state index contributed by atoms with van der Waals surface area (Å²) in [6, 6.07) is 1.81. The Hall–Kier alpha value is -2.00. The van der Waals surface area contributed by atoms with E-state index in [0.717, 1.165) is 18.5 Å². The second-order valence-corrected chi connectivity index (χ2v) is 12.3. The van der Waals surface area contributed by atoms with Crippen LogP contribution in [-0.4, -0.2) is 53.2 Å². The minimum Gasteiger partial charge on any atom is -0.388 e. The molecular formula is C21H29N3O5S. The molecule has 1 amide bonds. The molecule has 0 atom stereocenters. The van der Waals surface area contributed by atoms with E-state index in [1.165, 1.54) is 0 Å². The standard InChI is InChI=1S/C21H29N3O5S/c1-20(2,3)11-16-17-14(10-15(13-4-5-13)23-19(17)29-24-16)18(25)22-12-21(26)6-8-30(27,28)9-7-21/h10,13,26H,4-9,11-12H2,1-3H3,(H,22,25). The van der Waals surface area contributed by atoms with Gasteiger partial charge in [0.15, 0.2) is 9.84 Å². The van der Waals surface area contributed by atoms with Crippen molar-refractivity contribution in [1.29, 1.82) is 0 Å². The van der Waals surface area contributed by atoms with E-state index in [4.69, 9.17) is 4.52 Å². The van der Waals surface area contributed by atoms with Crippen molar-refractivity contribution >= 4 is 26.8 Å². The van der Waals surface area contributed by atoms with Crippen molar-refractivity contribution in [3.63, 3.8) is 0 Å². The molecule has 0 bridgehead atoms. The molecular weight excluding hydrogens is 406 g/mol. The van der Waals surface area contributed by atoms with Crippen LogP contribution < -0.4 is 5.32 Å². The van der Waals surface area contributed by atoms with Crippen LogP contribution in [0.3, 0.4) is 0 Å². The van der Waals surface area contributed by atoms with E-state index in [-0.39, 0.29) is 42.2 Å². The lowest BCUT2D eigenvalue weighted by molar-refractivity contribution is 0.0296.